The van der Waals surface area contributed by atoms with Crippen molar-refractivity contribution in [3.8, 4) is 0 Å². The van der Waals surface area contributed by atoms with Gasteiger partial charge in [-0.3, -0.25) is 0 Å². The van der Waals surface area contributed by atoms with Crippen LogP contribution in [0.5, 0.6) is 0 Å². The van der Waals surface area contributed by atoms with Gasteiger partial charge < -0.3 is 15.0 Å². The van der Waals surface area contributed by atoms with Gasteiger partial charge in [-0.25, -0.2) is 0 Å². The van der Waals surface area contributed by atoms with Crippen LogP contribution in [0.2, 0.25) is 0 Å². The molecule has 0 amide bonds. The number of nitrogens with zero attached hydrogens (tertiary/aromatic N) is 3. The molecule has 0 aliphatic rings. The second-order valence-electron chi connectivity index (χ2n) is 5.58. The number of rotatable bonds is 3. The van der Waals surface area contributed by atoms with Crippen LogP contribution in [0.25, 0.3) is 21.8 Å². The summed E-state index contributed by atoms with van der Waals surface area (Å²) in [5.41, 5.74) is 5.18. The Bertz CT molecular complexity index is 876. The lowest BCUT2D eigenvalue weighted by Gasteiger charge is -2.04. The molecule has 3 aromatic rings. The van der Waals surface area contributed by atoms with Crippen LogP contribution in [0.1, 0.15) is 31.9 Å². The third kappa shape index (κ3) is 2.34. The van der Waals surface area contributed by atoms with Gasteiger partial charge in [0.2, 0.25) is 0 Å². The van der Waals surface area contributed by atoms with E-state index in [0.29, 0.717) is 11.4 Å². The van der Waals surface area contributed by atoms with E-state index in [4.69, 9.17) is 10.4 Å². The molecular formula is C18H19N3O2. The molecule has 3 rings (SSSR count). The van der Waals surface area contributed by atoms with Crippen LogP contribution in [0.15, 0.2) is 46.7 Å². The average Bonchev–Trinajstić information content (AvgIpc) is 2.92. The highest BCUT2D eigenvalue weighted by molar-refractivity contribution is 6.13. The zero-order chi connectivity index (χ0) is 16.6. The van der Waals surface area contributed by atoms with Gasteiger partial charge >= 0.3 is 0 Å². The predicted molar refractivity (Wildman–Crippen MR) is 93.1 cm³/mol. The summed E-state index contributed by atoms with van der Waals surface area (Å²) in [5, 5.41) is 26.8. The lowest BCUT2D eigenvalue weighted by atomic mass is 10.0. The predicted octanol–water partition coefficient (Wildman–Crippen LogP) is 4.21. The number of hydrogen-bond donors (Lipinski definition) is 2. The number of hydrogen-bond acceptors (Lipinski definition) is 4. The average molecular weight is 309 g/mol. The molecule has 23 heavy (non-hydrogen) atoms. The summed E-state index contributed by atoms with van der Waals surface area (Å²) in [6.07, 6.45) is 0. The zero-order valence-corrected chi connectivity index (χ0v) is 13.4. The lowest BCUT2D eigenvalue weighted by molar-refractivity contribution is 0.319. The Morgan fingerprint density at radius 3 is 1.65 bits per heavy atom. The van der Waals surface area contributed by atoms with E-state index in [2.05, 4.69) is 33.9 Å². The fourth-order valence-corrected chi connectivity index (χ4v) is 3.01. The van der Waals surface area contributed by atoms with Crippen molar-refractivity contribution in [3.05, 3.63) is 47.5 Å². The molecule has 2 N–H and O–H groups in total. The van der Waals surface area contributed by atoms with Crippen molar-refractivity contribution in [1.82, 2.24) is 4.57 Å². The van der Waals surface area contributed by atoms with Crippen molar-refractivity contribution in [3.63, 3.8) is 0 Å². The van der Waals surface area contributed by atoms with Gasteiger partial charge in [0.05, 0.1) is 11.4 Å². The van der Waals surface area contributed by atoms with E-state index in [0.717, 1.165) is 39.5 Å². The normalized spacial score (nSPS) is 13.2. The van der Waals surface area contributed by atoms with E-state index in [1.165, 1.54) is 0 Å². The standard InChI is InChI=1S/C18H19N3O2/c1-4-21-17-7-5-13(11(2)19-22)9-15(17)16-10-14(12(3)20-23)6-8-18(16)21/h5-10,22-23H,4H2,1-3H3/b19-11-,20-12+. The highest BCUT2D eigenvalue weighted by Crippen LogP contribution is 2.31. The number of aromatic nitrogens is 1. The number of benzene rings is 2. The van der Waals surface area contributed by atoms with E-state index >= 15 is 0 Å². The van der Waals surface area contributed by atoms with E-state index in [-0.39, 0.29) is 0 Å². The summed E-state index contributed by atoms with van der Waals surface area (Å²) in [4.78, 5) is 0. The maximum Gasteiger partial charge on any atom is 0.0837 e. The molecule has 5 nitrogen and oxygen atoms in total. The summed E-state index contributed by atoms with van der Waals surface area (Å²) < 4.78 is 2.25. The van der Waals surface area contributed by atoms with Crippen molar-refractivity contribution in [1.29, 1.82) is 0 Å². The van der Waals surface area contributed by atoms with Crippen LogP contribution in [0.4, 0.5) is 0 Å². The minimum absolute atomic E-state index is 0.577. The Morgan fingerprint density at radius 1 is 0.870 bits per heavy atom. The molecule has 0 unspecified atom stereocenters. The Morgan fingerprint density at radius 2 is 1.30 bits per heavy atom. The third-order valence-electron chi connectivity index (χ3n) is 4.32. The van der Waals surface area contributed by atoms with Crippen LogP contribution < -0.4 is 0 Å². The van der Waals surface area contributed by atoms with Crippen molar-refractivity contribution < 1.29 is 10.4 Å². The molecule has 0 bridgehead atoms. The first-order valence-corrected chi connectivity index (χ1v) is 7.54. The van der Waals surface area contributed by atoms with Crippen molar-refractivity contribution >= 4 is 33.2 Å². The molecule has 0 saturated heterocycles. The minimum Gasteiger partial charge on any atom is -0.411 e. The van der Waals surface area contributed by atoms with E-state index < -0.39 is 0 Å². The van der Waals surface area contributed by atoms with Crippen LogP contribution in [-0.4, -0.2) is 26.4 Å². The van der Waals surface area contributed by atoms with Gasteiger partial charge in [-0.05, 0) is 56.2 Å². The third-order valence-corrected chi connectivity index (χ3v) is 4.32. The number of aryl methyl sites for hydroxylation is 1. The number of oxime groups is 2. The fourth-order valence-electron chi connectivity index (χ4n) is 3.01. The molecule has 2 aromatic carbocycles. The summed E-state index contributed by atoms with van der Waals surface area (Å²) >= 11 is 0. The Labute approximate surface area is 134 Å². The molecule has 0 atom stereocenters. The monoisotopic (exact) mass is 309 g/mol. The number of fused-ring (bicyclic) bond motifs is 3. The van der Waals surface area contributed by atoms with Gasteiger partial charge in [0.15, 0.2) is 0 Å². The van der Waals surface area contributed by atoms with Crippen molar-refractivity contribution in [2.75, 3.05) is 0 Å². The van der Waals surface area contributed by atoms with E-state index in [1.54, 1.807) is 13.8 Å². The Balaban J connectivity index is 2.39. The maximum absolute atomic E-state index is 9.01. The largest absolute Gasteiger partial charge is 0.411 e. The maximum atomic E-state index is 9.01. The van der Waals surface area contributed by atoms with Gasteiger partial charge in [0, 0.05) is 28.4 Å². The van der Waals surface area contributed by atoms with Gasteiger partial charge in [-0.15, -0.1) is 0 Å². The van der Waals surface area contributed by atoms with Crippen molar-refractivity contribution in [2.24, 2.45) is 10.3 Å². The molecule has 0 aliphatic heterocycles. The van der Waals surface area contributed by atoms with Crippen LogP contribution in [-0.2, 0) is 6.54 Å². The summed E-state index contributed by atoms with van der Waals surface area (Å²) in [7, 11) is 0. The summed E-state index contributed by atoms with van der Waals surface area (Å²) in [5.74, 6) is 0. The van der Waals surface area contributed by atoms with Gasteiger partial charge in [-0.1, -0.05) is 22.4 Å². The SMILES string of the molecule is CCn1c2ccc(/C(C)=N\O)cc2c2cc(/C(C)=N/O)ccc21. The smallest absolute Gasteiger partial charge is 0.0837 e. The van der Waals surface area contributed by atoms with Gasteiger partial charge in [0.25, 0.3) is 0 Å². The quantitative estimate of drug-likeness (QED) is 0.432. The summed E-state index contributed by atoms with van der Waals surface area (Å²) in [6.45, 7) is 6.52. The second kappa shape index (κ2) is 5.76. The molecule has 0 fully saturated rings. The molecule has 118 valence electrons. The highest BCUT2D eigenvalue weighted by atomic mass is 16.4. The minimum atomic E-state index is 0.577. The molecule has 0 spiro atoms. The molecule has 0 aliphatic carbocycles. The van der Waals surface area contributed by atoms with Crippen molar-refractivity contribution in [2.45, 2.75) is 27.3 Å². The second-order valence-corrected chi connectivity index (χ2v) is 5.58. The Kier molecular flexibility index (Phi) is 3.78. The summed E-state index contributed by atoms with van der Waals surface area (Å²) in [6, 6.07) is 12.1. The topological polar surface area (TPSA) is 70.1 Å². The Hall–Kier alpha value is -2.82. The van der Waals surface area contributed by atoms with Crippen LogP contribution in [0, 0.1) is 0 Å². The van der Waals surface area contributed by atoms with Gasteiger partial charge in [0.1, 0.15) is 0 Å². The van der Waals surface area contributed by atoms with Crippen LogP contribution >= 0.6 is 0 Å². The molecule has 1 aromatic heterocycles. The van der Waals surface area contributed by atoms with E-state index in [9.17, 15) is 0 Å². The fraction of sp³-hybridized carbons (Fsp3) is 0.222. The molecular weight excluding hydrogens is 290 g/mol. The zero-order valence-electron chi connectivity index (χ0n) is 13.4. The highest BCUT2D eigenvalue weighted by Gasteiger charge is 2.12. The first kappa shape index (κ1) is 15.1. The lowest BCUT2D eigenvalue weighted by Crippen LogP contribution is -1.96. The van der Waals surface area contributed by atoms with E-state index in [1.807, 2.05) is 24.3 Å². The van der Waals surface area contributed by atoms with Gasteiger partial charge in [-0.2, -0.15) is 0 Å². The molecule has 5 heteroatoms. The first-order valence-electron chi connectivity index (χ1n) is 7.54. The molecule has 0 radical (unpaired) electrons. The molecule has 1 heterocycles. The molecule has 0 saturated carbocycles. The first-order chi connectivity index (χ1) is 11.1. The van der Waals surface area contributed by atoms with Crippen LogP contribution in [0.3, 0.4) is 0 Å².